The third kappa shape index (κ3) is 3.46. The van der Waals surface area contributed by atoms with Gasteiger partial charge in [-0.15, -0.1) is 0 Å². The summed E-state index contributed by atoms with van der Waals surface area (Å²) in [6, 6.07) is 3.28. The number of likely N-dealkylation sites (tertiary alicyclic amines) is 1. The van der Waals surface area contributed by atoms with E-state index in [9.17, 15) is 0 Å². The summed E-state index contributed by atoms with van der Waals surface area (Å²) < 4.78 is 0. The van der Waals surface area contributed by atoms with E-state index < -0.39 is 0 Å². The average Bonchev–Trinajstić information content (AvgIpc) is 2.88. The van der Waals surface area contributed by atoms with E-state index in [4.69, 9.17) is 5.26 Å². The fourth-order valence-corrected chi connectivity index (χ4v) is 3.66. The molecule has 2 fully saturated rings. The van der Waals surface area contributed by atoms with Gasteiger partial charge in [0.25, 0.3) is 0 Å². The second-order valence-corrected chi connectivity index (χ2v) is 5.86. The molecule has 18 heavy (non-hydrogen) atoms. The van der Waals surface area contributed by atoms with Gasteiger partial charge in [-0.3, -0.25) is 0 Å². The first-order chi connectivity index (χ1) is 8.85. The molecule has 102 valence electrons. The summed E-state index contributed by atoms with van der Waals surface area (Å²) in [5.74, 6) is 0.961. The van der Waals surface area contributed by atoms with Crippen molar-refractivity contribution in [3.63, 3.8) is 0 Å². The number of nitriles is 1. The molecule has 3 nitrogen and oxygen atoms in total. The van der Waals surface area contributed by atoms with E-state index in [0.29, 0.717) is 0 Å². The molecule has 3 heteroatoms. The summed E-state index contributed by atoms with van der Waals surface area (Å²) >= 11 is 0. The van der Waals surface area contributed by atoms with Crippen molar-refractivity contribution in [2.24, 2.45) is 5.92 Å². The first-order valence-corrected chi connectivity index (χ1v) is 7.72. The lowest BCUT2D eigenvalue weighted by Crippen LogP contribution is -2.44. The predicted octanol–water partition coefficient (Wildman–Crippen LogP) is 2.53. The van der Waals surface area contributed by atoms with Crippen molar-refractivity contribution in [2.45, 2.75) is 64.0 Å². The molecule has 3 atom stereocenters. The van der Waals surface area contributed by atoms with Crippen molar-refractivity contribution < 1.29 is 0 Å². The summed E-state index contributed by atoms with van der Waals surface area (Å²) in [6.45, 7) is 5.47. The number of hydrogen-bond acceptors (Lipinski definition) is 3. The van der Waals surface area contributed by atoms with Crippen LogP contribution in [0.4, 0.5) is 0 Å². The predicted molar refractivity (Wildman–Crippen MR) is 74.2 cm³/mol. The van der Waals surface area contributed by atoms with Gasteiger partial charge in [0.1, 0.15) is 0 Å². The van der Waals surface area contributed by atoms with Gasteiger partial charge in [0.05, 0.1) is 12.1 Å². The molecule has 1 aliphatic carbocycles. The molecule has 1 heterocycles. The smallest absolute Gasteiger partial charge is 0.0965 e. The molecule has 1 saturated heterocycles. The third-order valence-electron chi connectivity index (χ3n) is 4.61. The van der Waals surface area contributed by atoms with Crippen LogP contribution in [-0.2, 0) is 0 Å². The van der Waals surface area contributed by atoms with Crippen LogP contribution in [0.25, 0.3) is 0 Å². The van der Waals surface area contributed by atoms with Crippen LogP contribution in [-0.4, -0.2) is 36.6 Å². The molecule has 0 radical (unpaired) electrons. The van der Waals surface area contributed by atoms with Gasteiger partial charge < -0.3 is 10.2 Å². The van der Waals surface area contributed by atoms with Gasteiger partial charge in [0.15, 0.2) is 0 Å². The molecule has 1 aliphatic heterocycles. The summed E-state index contributed by atoms with van der Waals surface area (Å²) in [4.78, 5) is 2.67. The summed E-state index contributed by atoms with van der Waals surface area (Å²) in [5, 5.41) is 12.5. The topological polar surface area (TPSA) is 39.1 Å². The Hall–Kier alpha value is -0.590. The van der Waals surface area contributed by atoms with Crippen molar-refractivity contribution in [2.75, 3.05) is 19.6 Å². The zero-order valence-electron chi connectivity index (χ0n) is 11.7. The van der Waals surface area contributed by atoms with Gasteiger partial charge >= 0.3 is 0 Å². The standard InChI is InChI=1S/C15H27N3/c1-2-9-17-14(12-16)8-11-18-10-4-6-13-5-3-7-15(13)18/h13-15,17H,2-11H2,1H3. The molecule has 3 unspecified atom stereocenters. The Morgan fingerprint density at radius 1 is 1.33 bits per heavy atom. The van der Waals surface area contributed by atoms with Gasteiger partial charge in [-0.25, -0.2) is 0 Å². The van der Waals surface area contributed by atoms with Gasteiger partial charge in [-0.2, -0.15) is 5.26 Å². The highest BCUT2D eigenvalue weighted by molar-refractivity contribution is 4.93. The van der Waals surface area contributed by atoms with E-state index in [-0.39, 0.29) is 6.04 Å². The molecule has 0 aromatic rings. The zero-order chi connectivity index (χ0) is 12.8. The van der Waals surface area contributed by atoms with Crippen LogP contribution >= 0.6 is 0 Å². The summed E-state index contributed by atoms with van der Waals surface area (Å²) in [6.07, 6.45) is 9.15. The number of nitrogens with zero attached hydrogens (tertiary/aromatic N) is 2. The van der Waals surface area contributed by atoms with Gasteiger partial charge in [-0.1, -0.05) is 13.3 Å². The monoisotopic (exact) mass is 249 g/mol. The molecule has 0 aromatic heterocycles. The molecular formula is C15H27N3. The first-order valence-electron chi connectivity index (χ1n) is 7.72. The van der Waals surface area contributed by atoms with E-state index in [1.165, 1.54) is 38.6 Å². The van der Waals surface area contributed by atoms with E-state index in [1.54, 1.807) is 0 Å². The Kier molecular flexibility index (Phi) is 5.46. The van der Waals surface area contributed by atoms with Crippen LogP contribution < -0.4 is 5.32 Å². The first kappa shape index (κ1) is 13.8. The maximum Gasteiger partial charge on any atom is 0.0965 e. The SMILES string of the molecule is CCCNC(C#N)CCN1CCCC2CCCC21. The minimum atomic E-state index is 0.0479. The summed E-state index contributed by atoms with van der Waals surface area (Å²) in [5.41, 5.74) is 0. The van der Waals surface area contributed by atoms with Gasteiger partial charge in [0, 0.05) is 12.6 Å². The van der Waals surface area contributed by atoms with Crippen molar-refractivity contribution in [3.8, 4) is 6.07 Å². The summed E-state index contributed by atoms with van der Waals surface area (Å²) in [7, 11) is 0. The molecular weight excluding hydrogens is 222 g/mol. The minimum Gasteiger partial charge on any atom is -0.302 e. The fraction of sp³-hybridized carbons (Fsp3) is 0.933. The number of nitrogens with one attached hydrogen (secondary N) is 1. The quantitative estimate of drug-likeness (QED) is 0.786. The van der Waals surface area contributed by atoms with Crippen LogP contribution in [0.5, 0.6) is 0 Å². The van der Waals surface area contributed by atoms with Crippen molar-refractivity contribution >= 4 is 0 Å². The zero-order valence-corrected chi connectivity index (χ0v) is 11.7. The van der Waals surface area contributed by atoms with Crippen LogP contribution in [0.2, 0.25) is 0 Å². The molecule has 0 spiro atoms. The lowest BCUT2D eigenvalue weighted by atomic mass is 9.91. The molecule has 0 bridgehead atoms. The second kappa shape index (κ2) is 7.11. The minimum absolute atomic E-state index is 0.0479. The van der Waals surface area contributed by atoms with Crippen LogP contribution in [0.15, 0.2) is 0 Å². The van der Waals surface area contributed by atoms with E-state index in [2.05, 4.69) is 23.2 Å². The Morgan fingerprint density at radius 3 is 2.94 bits per heavy atom. The lowest BCUT2D eigenvalue weighted by Gasteiger charge is -2.38. The van der Waals surface area contributed by atoms with Crippen molar-refractivity contribution in [1.82, 2.24) is 10.2 Å². The Labute approximate surface area is 112 Å². The highest BCUT2D eigenvalue weighted by atomic mass is 15.2. The van der Waals surface area contributed by atoms with Crippen LogP contribution in [0.3, 0.4) is 0 Å². The second-order valence-electron chi connectivity index (χ2n) is 5.86. The highest BCUT2D eigenvalue weighted by Gasteiger charge is 2.34. The van der Waals surface area contributed by atoms with E-state index >= 15 is 0 Å². The number of fused-ring (bicyclic) bond motifs is 1. The number of piperidine rings is 1. The van der Waals surface area contributed by atoms with Crippen LogP contribution in [0.1, 0.15) is 51.9 Å². The third-order valence-corrected chi connectivity index (χ3v) is 4.61. The lowest BCUT2D eigenvalue weighted by molar-refractivity contribution is 0.110. The van der Waals surface area contributed by atoms with E-state index in [0.717, 1.165) is 37.9 Å². The molecule has 0 aromatic carbocycles. The molecule has 2 rings (SSSR count). The molecule has 0 amide bonds. The molecule has 1 saturated carbocycles. The van der Waals surface area contributed by atoms with Crippen LogP contribution in [0, 0.1) is 17.2 Å². The molecule has 1 N–H and O–H groups in total. The maximum absolute atomic E-state index is 9.14. The van der Waals surface area contributed by atoms with E-state index in [1.807, 2.05) is 0 Å². The maximum atomic E-state index is 9.14. The van der Waals surface area contributed by atoms with Crippen molar-refractivity contribution in [3.05, 3.63) is 0 Å². The Morgan fingerprint density at radius 2 is 2.17 bits per heavy atom. The highest BCUT2D eigenvalue weighted by Crippen LogP contribution is 2.36. The Balaban J connectivity index is 1.76. The molecule has 2 aliphatic rings. The van der Waals surface area contributed by atoms with Gasteiger partial charge in [-0.05, 0) is 57.5 Å². The fourth-order valence-electron chi connectivity index (χ4n) is 3.66. The Bertz CT molecular complexity index is 284. The van der Waals surface area contributed by atoms with Crippen molar-refractivity contribution in [1.29, 1.82) is 5.26 Å². The average molecular weight is 249 g/mol. The van der Waals surface area contributed by atoms with Gasteiger partial charge in [0.2, 0.25) is 0 Å². The normalized spacial score (nSPS) is 29.8. The number of rotatable bonds is 6. The number of hydrogen-bond donors (Lipinski definition) is 1. The largest absolute Gasteiger partial charge is 0.302 e.